The molecule has 0 aromatic heterocycles. The Balaban J connectivity index is 1.96. The Morgan fingerprint density at radius 3 is 2.57 bits per heavy atom. The number of fused-ring (bicyclic) bond motifs is 1. The van der Waals surface area contributed by atoms with Crippen molar-refractivity contribution in [3.63, 3.8) is 0 Å². The fraction of sp³-hybridized carbons (Fsp3) is 0.312. The number of ether oxygens (including phenoxy) is 1. The van der Waals surface area contributed by atoms with Crippen LogP contribution < -0.4 is 0 Å². The van der Waals surface area contributed by atoms with E-state index in [9.17, 15) is 20.1 Å². The maximum absolute atomic E-state index is 12.5. The average Bonchev–Trinajstić information content (AvgIpc) is 2.43. The van der Waals surface area contributed by atoms with Gasteiger partial charge in [-0.15, -0.1) is 0 Å². The van der Waals surface area contributed by atoms with Crippen molar-refractivity contribution in [1.82, 2.24) is 0 Å². The molecule has 3 atom stereocenters. The highest BCUT2D eigenvalue weighted by molar-refractivity contribution is 5.90. The van der Waals surface area contributed by atoms with Crippen LogP contribution in [0.25, 0.3) is 0 Å². The van der Waals surface area contributed by atoms with Crippen molar-refractivity contribution < 1.29 is 24.9 Å². The topological polar surface area (TPSA) is 87.0 Å². The molecule has 0 radical (unpaired) electrons. The van der Waals surface area contributed by atoms with E-state index in [0.717, 1.165) is 5.56 Å². The molecule has 0 amide bonds. The van der Waals surface area contributed by atoms with Crippen LogP contribution in [0, 0.1) is 5.41 Å². The lowest BCUT2D eigenvalue weighted by Crippen LogP contribution is -2.47. The Bertz CT molecular complexity index is 643. The molecule has 5 nitrogen and oxygen atoms in total. The van der Waals surface area contributed by atoms with E-state index >= 15 is 0 Å². The lowest BCUT2D eigenvalue weighted by atomic mass is 9.71. The van der Waals surface area contributed by atoms with Crippen LogP contribution in [0.4, 0.5) is 0 Å². The second kappa shape index (κ2) is 4.63. The summed E-state index contributed by atoms with van der Waals surface area (Å²) in [6.45, 7) is 1.61. The molecule has 1 heterocycles. The van der Waals surface area contributed by atoms with Crippen LogP contribution in [0.2, 0.25) is 0 Å². The third-order valence-electron chi connectivity index (χ3n) is 4.20. The minimum absolute atomic E-state index is 0.117. The zero-order valence-electron chi connectivity index (χ0n) is 11.5. The van der Waals surface area contributed by atoms with E-state index in [1.165, 1.54) is 24.3 Å². The third-order valence-corrected chi connectivity index (χ3v) is 4.20. The average molecular weight is 288 g/mol. The van der Waals surface area contributed by atoms with E-state index in [0.29, 0.717) is 0 Å². The van der Waals surface area contributed by atoms with E-state index in [2.05, 4.69) is 0 Å². The van der Waals surface area contributed by atoms with Crippen molar-refractivity contribution in [3.05, 3.63) is 53.5 Å². The van der Waals surface area contributed by atoms with E-state index < -0.39 is 17.6 Å². The molecule has 21 heavy (non-hydrogen) atoms. The van der Waals surface area contributed by atoms with Gasteiger partial charge in [0.05, 0.1) is 6.10 Å². The second-order valence-electron chi connectivity index (χ2n) is 5.57. The number of carbonyl (C=O) groups is 1. The predicted molar refractivity (Wildman–Crippen MR) is 74.5 cm³/mol. The first-order chi connectivity index (χ1) is 9.91. The molecule has 0 saturated carbocycles. The van der Waals surface area contributed by atoms with Crippen LogP contribution in [0.1, 0.15) is 25.0 Å². The predicted octanol–water partition coefficient (Wildman–Crippen LogP) is 2.13. The Morgan fingerprint density at radius 1 is 1.24 bits per heavy atom. The molecule has 3 N–H and O–H groups in total. The second-order valence-corrected chi connectivity index (χ2v) is 5.57. The Hall–Kier alpha value is -2.27. The zero-order valence-corrected chi connectivity index (χ0v) is 11.5. The van der Waals surface area contributed by atoms with E-state index in [1.54, 1.807) is 19.1 Å². The molecule has 3 rings (SSSR count). The summed E-state index contributed by atoms with van der Waals surface area (Å²) in [4.78, 5) is 12.5. The Morgan fingerprint density at radius 2 is 1.90 bits per heavy atom. The van der Waals surface area contributed by atoms with Crippen LogP contribution in [-0.2, 0) is 9.53 Å². The number of aliphatic hydroxyl groups is 2. The molecule has 1 saturated heterocycles. The van der Waals surface area contributed by atoms with Gasteiger partial charge in [-0.05, 0) is 30.7 Å². The monoisotopic (exact) mass is 288 g/mol. The summed E-state index contributed by atoms with van der Waals surface area (Å²) in [5, 5.41) is 29.0. The van der Waals surface area contributed by atoms with Gasteiger partial charge in [0, 0.05) is 12.5 Å². The number of carbonyl (C=O) groups excluding carboxylic acids is 1. The molecule has 5 heteroatoms. The largest absolute Gasteiger partial charge is 0.508 e. The zero-order chi connectivity index (χ0) is 15.2. The molecule has 1 aliphatic heterocycles. The molecular weight excluding hydrogens is 272 g/mol. The minimum atomic E-state index is -1.15. The first kappa shape index (κ1) is 13.7. The molecule has 2 aliphatic rings. The molecule has 110 valence electrons. The number of aromatic hydroxyl groups is 1. The minimum Gasteiger partial charge on any atom is -0.508 e. The van der Waals surface area contributed by atoms with Crippen molar-refractivity contribution in [1.29, 1.82) is 0 Å². The number of phenolic OH excluding ortho intramolecular Hbond substituents is 1. The highest BCUT2D eigenvalue weighted by Crippen LogP contribution is 2.46. The van der Waals surface area contributed by atoms with Gasteiger partial charge in [0.15, 0.2) is 5.78 Å². The quantitative estimate of drug-likeness (QED) is 0.737. The SMILES string of the molecule is CC12C(=O)CC(c3ccc(O)cc3)OC1=CC(O)=CC2O. The molecule has 1 fully saturated rings. The van der Waals surface area contributed by atoms with E-state index in [4.69, 9.17) is 4.74 Å². The number of hydrogen-bond acceptors (Lipinski definition) is 5. The fourth-order valence-electron chi connectivity index (χ4n) is 2.72. The van der Waals surface area contributed by atoms with Crippen molar-refractivity contribution in [3.8, 4) is 5.75 Å². The van der Waals surface area contributed by atoms with Crippen LogP contribution in [0.3, 0.4) is 0 Å². The van der Waals surface area contributed by atoms with Gasteiger partial charge in [0.1, 0.15) is 28.8 Å². The van der Waals surface area contributed by atoms with Gasteiger partial charge in [-0.3, -0.25) is 4.79 Å². The lowest BCUT2D eigenvalue weighted by Gasteiger charge is -2.42. The Labute approximate surface area is 121 Å². The summed E-state index contributed by atoms with van der Waals surface area (Å²) in [7, 11) is 0. The number of allylic oxidation sites excluding steroid dienone is 1. The molecule has 1 aliphatic carbocycles. The van der Waals surface area contributed by atoms with Gasteiger partial charge in [-0.2, -0.15) is 0 Å². The maximum Gasteiger partial charge on any atom is 0.153 e. The highest BCUT2D eigenvalue weighted by Gasteiger charge is 2.51. The van der Waals surface area contributed by atoms with Crippen molar-refractivity contribution in [2.24, 2.45) is 5.41 Å². The Kier molecular flexibility index (Phi) is 3.02. The summed E-state index contributed by atoms with van der Waals surface area (Å²) >= 11 is 0. The lowest BCUT2D eigenvalue weighted by molar-refractivity contribution is -0.143. The number of phenols is 1. The standard InChI is InChI=1S/C16H16O5/c1-16-13(19)6-11(18)7-15(16)21-12(8-14(16)20)9-2-4-10(17)5-3-9/h2-7,12-13,17-19H,8H2,1H3. The number of rotatable bonds is 1. The van der Waals surface area contributed by atoms with Gasteiger partial charge in [0.25, 0.3) is 0 Å². The first-order valence-electron chi connectivity index (χ1n) is 6.71. The maximum atomic E-state index is 12.5. The molecule has 3 unspecified atom stereocenters. The van der Waals surface area contributed by atoms with Gasteiger partial charge < -0.3 is 20.1 Å². The summed E-state index contributed by atoms with van der Waals surface area (Å²) in [5.41, 5.74) is -0.396. The normalized spacial score (nSPS) is 31.8. The van der Waals surface area contributed by atoms with Gasteiger partial charge >= 0.3 is 0 Å². The van der Waals surface area contributed by atoms with E-state index in [-0.39, 0.29) is 29.5 Å². The number of benzene rings is 1. The van der Waals surface area contributed by atoms with Crippen molar-refractivity contribution >= 4 is 5.78 Å². The number of hydrogen-bond donors (Lipinski definition) is 3. The molecule has 1 aromatic carbocycles. The molecular formula is C16H16O5. The van der Waals surface area contributed by atoms with Crippen molar-refractivity contribution in [2.45, 2.75) is 25.6 Å². The van der Waals surface area contributed by atoms with Crippen LogP contribution >= 0.6 is 0 Å². The molecule has 0 spiro atoms. The summed E-state index contributed by atoms with van der Waals surface area (Å²) < 4.78 is 5.83. The summed E-state index contributed by atoms with van der Waals surface area (Å²) in [6.07, 6.45) is 1.15. The van der Waals surface area contributed by atoms with Gasteiger partial charge in [0.2, 0.25) is 0 Å². The van der Waals surface area contributed by atoms with Crippen LogP contribution in [0.5, 0.6) is 5.75 Å². The van der Waals surface area contributed by atoms with Crippen LogP contribution in [0.15, 0.2) is 47.9 Å². The summed E-state index contributed by atoms with van der Waals surface area (Å²) in [6, 6.07) is 6.42. The number of ketones is 1. The van der Waals surface area contributed by atoms with Gasteiger partial charge in [-0.25, -0.2) is 0 Å². The fourth-order valence-corrected chi connectivity index (χ4v) is 2.72. The number of Topliss-reactive ketones (excluding diaryl/α,β-unsaturated/α-hetero) is 1. The molecule has 1 aromatic rings. The van der Waals surface area contributed by atoms with Gasteiger partial charge in [-0.1, -0.05) is 12.1 Å². The van der Waals surface area contributed by atoms with Crippen LogP contribution in [-0.4, -0.2) is 27.2 Å². The summed E-state index contributed by atoms with van der Waals surface area (Å²) in [5.74, 6) is 0.145. The van der Waals surface area contributed by atoms with Crippen molar-refractivity contribution in [2.75, 3.05) is 0 Å². The third kappa shape index (κ3) is 2.10. The van der Waals surface area contributed by atoms with E-state index in [1.807, 2.05) is 0 Å². The molecule has 0 bridgehead atoms. The first-order valence-corrected chi connectivity index (χ1v) is 6.71. The smallest absolute Gasteiger partial charge is 0.153 e. The highest BCUT2D eigenvalue weighted by atomic mass is 16.5. The number of aliphatic hydroxyl groups excluding tert-OH is 2.